The van der Waals surface area contributed by atoms with Gasteiger partial charge < -0.3 is 10.4 Å². The predicted molar refractivity (Wildman–Crippen MR) is 51.0 cm³/mol. The maximum atomic E-state index is 9.13. The number of hydrogen-bond donors (Lipinski definition) is 2. The zero-order chi connectivity index (χ0) is 9.89. The Morgan fingerprint density at radius 3 is 1.67 bits per heavy atom. The van der Waals surface area contributed by atoms with Gasteiger partial charge in [0.2, 0.25) is 0 Å². The van der Waals surface area contributed by atoms with Gasteiger partial charge in [0.15, 0.2) is 0 Å². The van der Waals surface area contributed by atoms with Crippen LogP contribution in [0.1, 0.15) is 6.42 Å². The van der Waals surface area contributed by atoms with Crippen LogP contribution in [0.4, 0.5) is 0 Å². The van der Waals surface area contributed by atoms with E-state index >= 15 is 0 Å². The molecule has 0 aromatic carbocycles. The van der Waals surface area contributed by atoms with Crippen molar-refractivity contribution >= 4 is 11.4 Å². The van der Waals surface area contributed by atoms with Crippen molar-refractivity contribution in [1.29, 1.82) is 0 Å². The van der Waals surface area contributed by atoms with Gasteiger partial charge >= 0.3 is 0 Å². The molecule has 0 saturated heterocycles. The van der Waals surface area contributed by atoms with Gasteiger partial charge in [-0.15, -0.1) is 0 Å². The summed E-state index contributed by atoms with van der Waals surface area (Å²) < 4.78 is 0. The quantitative estimate of drug-likeness (QED) is 0.457. The molecule has 0 spiro atoms. The zero-order valence-electron chi connectivity index (χ0n) is 8.11. The summed E-state index contributed by atoms with van der Waals surface area (Å²) >= 11 is 0. The van der Waals surface area contributed by atoms with Gasteiger partial charge in [-0.3, -0.25) is 0 Å². The lowest BCUT2D eigenvalue weighted by Gasteiger charge is -2.44. The molecule has 0 aromatic heterocycles. The number of fused-ring (bicyclic) bond motifs is 2. The Balaban J connectivity index is 1.83. The molecule has 8 atom stereocenters. The highest BCUT2D eigenvalue weighted by Crippen LogP contribution is 2.80. The van der Waals surface area contributed by atoms with E-state index in [0.29, 0.717) is 23.7 Å². The summed E-state index contributed by atoms with van der Waals surface area (Å²) in [5.74, 6) is 4.76. The minimum Gasteiger partial charge on any atom is -0.411 e. The first-order chi connectivity index (χ1) is 7.38. The van der Waals surface area contributed by atoms with E-state index in [-0.39, 0.29) is 0 Å². The van der Waals surface area contributed by atoms with E-state index in [1.165, 1.54) is 6.42 Å². The third kappa shape index (κ3) is 0.446. The molecular weight excluding hydrogens is 192 g/mol. The molecule has 2 N–H and O–H groups in total. The Kier molecular flexibility index (Phi) is 0.874. The highest BCUT2D eigenvalue weighted by Gasteiger charge is 2.82. The molecule has 0 radical (unpaired) electrons. The van der Waals surface area contributed by atoms with Crippen LogP contribution < -0.4 is 0 Å². The van der Waals surface area contributed by atoms with Crippen molar-refractivity contribution in [1.82, 2.24) is 0 Å². The van der Waals surface area contributed by atoms with Crippen LogP contribution in [0.15, 0.2) is 10.3 Å². The molecular formula is C11H12N2O2. The summed E-state index contributed by atoms with van der Waals surface area (Å²) in [7, 11) is 0. The first-order valence-electron chi connectivity index (χ1n) is 5.82. The molecule has 0 aromatic rings. The summed E-state index contributed by atoms with van der Waals surface area (Å²) in [6.07, 6.45) is 1.29. The summed E-state index contributed by atoms with van der Waals surface area (Å²) in [4.78, 5) is 0. The van der Waals surface area contributed by atoms with Gasteiger partial charge in [0, 0.05) is 23.7 Å². The lowest BCUT2D eigenvalue weighted by Crippen LogP contribution is -2.48. The van der Waals surface area contributed by atoms with Gasteiger partial charge in [-0.25, -0.2) is 0 Å². The maximum absolute atomic E-state index is 9.13. The molecule has 4 nitrogen and oxygen atoms in total. The Hall–Kier alpha value is -1.06. The van der Waals surface area contributed by atoms with Gasteiger partial charge in [0.05, 0.1) is 11.4 Å². The zero-order valence-corrected chi connectivity index (χ0v) is 8.11. The molecule has 5 saturated carbocycles. The minimum atomic E-state index is 0.427. The van der Waals surface area contributed by atoms with E-state index in [0.717, 1.165) is 35.1 Å². The van der Waals surface area contributed by atoms with E-state index in [1.807, 2.05) is 0 Å². The molecule has 4 heteroatoms. The van der Waals surface area contributed by atoms with Gasteiger partial charge in [0.1, 0.15) is 0 Å². The fourth-order valence-electron chi connectivity index (χ4n) is 6.13. The average molecular weight is 204 g/mol. The third-order valence-corrected chi connectivity index (χ3v) is 6.10. The second-order valence-electron chi connectivity index (χ2n) is 5.87. The highest BCUT2D eigenvalue weighted by atomic mass is 16.4. The number of nitrogens with zero attached hydrogens (tertiary/aromatic N) is 2. The van der Waals surface area contributed by atoms with Crippen LogP contribution in [-0.4, -0.2) is 21.8 Å². The molecule has 0 amide bonds. The smallest absolute Gasteiger partial charge is 0.0651 e. The van der Waals surface area contributed by atoms with Crippen LogP contribution >= 0.6 is 0 Å². The normalized spacial score (nSPS) is 71.2. The minimum absolute atomic E-state index is 0.427. The van der Waals surface area contributed by atoms with E-state index < -0.39 is 0 Å². The van der Waals surface area contributed by atoms with E-state index in [1.54, 1.807) is 0 Å². The molecule has 0 heterocycles. The molecule has 5 rings (SSSR count). The van der Waals surface area contributed by atoms with Crippen LogP contribution in [0.3, 0.4) is 0 Å². The summed E-state index contributed by atoms with van der Waals surface area (Å²) in [6, 6.07) is 0. The first kappa shape index (κ1) is 7.25. The van der Waals surface area contributed by atoms with Gasteiger partial charge in [0.25, 0.3) is 0 Å². The van der Waals surface area contributed by atoms with Crippen molar-refractivity contribution in [3.63, 3.8) is 0 Å². The maximum Gasteiger partial charge on any atom is 0.0651 e. The Labute approximate surface area is 86.6 Å². The summed E-state index contributed by atoms with van der Waals surface area (Å²) in [5.41, 5.74) is 2.09. The largest absolute Gasteiger partial charge is 0.411 e. The molecule has 5 aliphatic carbocycles. The highest BCUT2D eigenvalue weighted by molar-refractivity contribution is 6.10. The molecule has 0 aliphatic heterocycles. The first-order valence-corrected chi connectivity index (χ1v) is 5.82. The number of hydrogen-bond acceptors (Lipinski definition) is 4. The standard InChI is InChI=1S/C11H12N2O2/c14-12-10-6-2-1-3-5-4(2)8(10)9(5)11(13-15)7(3)6/h2-9,14-15H,1H2/b12-10-,13-11-/t2-,3+,4-,5+,6-,7+,8+,9-. The van der Waals surface area contributed by atoms with Crippen molar-refractivity contribution in [2.24, 2.45) is 57.7 Å². The van der Waals surface area contributed by atoms with E-state index in [4.69, 9.17) is 10.4 Å². The van der Waals surface area contributed by atoms with Crippen molar-refractivity contribution in [2.45, 2.75) is 6.42 Å². The second-order valence-corrected chi connectivity index (χ2v) is 5.87. The topological polar surface area (TPSA) is 65.2 Å². The predicted octanol–water partition coefficient (Wildman–Crippen LogP) is 1.03. The molecule has 5 fully saturated rings. The third-order valence-electron chi connectivity index (χ3n) is 6.10. The van der Waals surface area contributed by atoms with E-state index in [9.17, 15) is 0 Å². The lowest BCUT2D eigenvalue weighted by molar-refractivity contribution is 0.0644. The molecule has 2 bridgehead atoms. The lowest BCUT2D eigenvalue weighted by atomic mass is 9.59. The van der Waals surface area contributed by atoms with Gasteiger partial charge in [-0.2, -0.15) is 0 Å². The summed E-state index contributed by atoms with van der Waals surface area (Å²) in [5, 5.41) is 25.4. The Morgan fingerprint density at radius 1 is 0.800 bits per heavy atom. The van der Waals surface area contributed by atoms with E-state index in [2.05, 4.69) is 10.3 Å². The van der Waals surface area contributed by atoms with Crippen LogP contribution in [0.5, 0.6) is 0 Å². The summed E-state index contributed by atoms with van der Waals surface area (Å²) in [6.45, 7) is 0. The molecule has 5 aliphatic rings. The van der Waals surface area contributed by atoms with Crippen LogP contribution in [-0.2, 0) is 0 Å². The Morgan fingerprint density at radius 2 is 1.27 bits per heavy atom. The monoisotopic (exact) mass is 204 g/mol. The van der Waals surface area contributed by atoms with Crippen LogP contribution in [0.2, 0.25) is 0 Å². The SMILES string of the molecule is O/N=C1/[C@@H]2[C@@H]3C[C@@H]4[C@@H]2/C(=N/O)[C@H]2[C@@H]1[C@H]3[C@H]42. The fourth-order valence-corrected chi connectivity index (χ4v) is 6.13. The van der Waals surface area contributed by atoms with Crippen molar-refractivity contribution in [3.05, 3.63) is 0 Å². The van der Waals surface area contributed by atoms with Crippen molar-refractivity contribution < 1.29 is 10.4 Å². The van der Waals surface area contributed by atoms with Gasteiger partial charge in [-0.05, 0) is 30.1 Å². The molecule has 78 valence electrons. The molecule has 15 heavy (non-hydrogen) atoms. The van der Waals surface area contributed by atoms with Crippen LogP contribution in [0, 0.1) is 47.3 Å². The van der Waals surface area contributed by atoms with Gasteiger partial charge in [-0.1, -0.05) is 10.3 Å². The van der Waals surface area contributed by atoms with Crippen molar-refractivity contribution in [3.8, 4) is 0 Å². The number of rotatable bonds is 0. The fraction of sp³-hybridized carbons (Fsp3) is 0.818. The average Bonchev–Trinajstić information content (AvgIpc) is 2.73. The Bertz CT molecular complexity index is 400. The second kappa shape index (κ2) is 1.81. The van der Waals surface area contributed by atoms with Crippen LogP contribution in [0.25, 0.3) is 0 Å². The number of oxime groups is 2. The molecule has 0 unspecified atom stereocenters. The van der Waals surface area contributed by atoms with Crippen molar-refractivity contribution in [2.75, 3.05) is 0 Å².